The minimum absolute atomic E-state index is 0.624. The van der Waals surface area contributed by atoms with Crippen molar-refractivity contribution in [2.24, 2.45) is 0 Å². The van der Waals surface area contributed by atoms with Gasteiger partial charge in [0.05, 0.1) is 5.56 Å². The average molecular weight is 272 g/mol. The van der Waals surface area contributed by atoms with E-state index in [1.165, 1.54) is 0 Å². The van der Waals surface area contributed by atoms with Gasteiger partial charge in [0.25, 0.3) is 0 Å². The predicted octanol–water partition coefficient (Wildman–Crippen LogP) is 5.02. The quantitative estimate of drug-likeness (QED) is 0.480. The lowest BCUT2D eigenvalue weighted by molar-refractivity contribution is 0.112. The molecule has 0 atom stereocenters. The van der Waals surface area contributed by atoms with Gasteiger partial charge in [-0.25, -0.2) is 0 Å². The first kappa shape index (κ1) is 11.9. The van der Waals surface area contributed by atoms with Gasteiger partial charge in [-0.15, -0.1) is 0 Å². The maximum absolute atomic E-state index is 11.5. The Labute approximate surface area is 122 Å². The van der Waals surface area contributed by atoms with Crippen LogP contribution in [0.2, 0.25) is 0 Å². The van der Waals surface area contributed by atoms with Gasteiger partial charge < -0.3 is 4.42 Å². The fourth-order valence-corrected chi connectivity index (χ4v) is 2.80. The Bertz CT molecular complexity index is 904. The van der Waals surface area contributed by atoms with Gasteiger partial charge in [0.15, 0.2) is 6.29 Å². The third-order valence-electron chi connectivity index (χ3n) is 3.79. The molecule has 1 aliphatic carbocycles. The van der Waals surface area contributed by atoms with Crippen molar-refractivity contribution in [3.05, 3.63) is 72.3 Å². The highest BCUT2D eigenvalue weighted by atomic mass is 16.3. The molecule has 0 N–H and O–H groups in total. The van der Waals surface area contributed by atoms with Crippen LogP contribution in [0.3, 0.4) is 0 Å². The fraction of sp³-hybridized carbons (Fsp3) is 0. The molecule has 2 aliphatic rings. The van der Waals surface area contributed by atoms with Crippen molar-refractivity contribution < 1.29 is 9.21 Å². The van der Waals surface area contributed by atoms with Gasteiger partial charge in [0, 0.05) is 11.1 Å². The highest BCUT2D eigenvalue weighted by Crippen LogP contribution is 2.40. The van der Waals surface area contributed by atoms with Crippen LogP contribution in [-0.2, 0) is 0 Å². The zero-order valence-electron chi connectivity index (χ0n) is 11.2. The molecular formula is C19H12O2. The Morgan fingerprint density at radius 3 is 2.24 bits per heavy atom. The van der Waals surface area contributed by atoms with Crippen LogP contribution in [0.1, 0.15) is 10.4 Å². The van der Waals surface area contributed by atoms with Crippen LogP contribution in [0.25, 0.3) is 33.4 Å². The highest BCUT2D eigenvalue weighted by molar-refractivity contribution is 6.12. The maximum Gasteiger partial charge on any atom is 0.154 e. The second-order valence-electron chi connectivity index (χ2n) is 4.99. The van der Waals surface area contributed by atoms with Gasteiger partial charge in [-0.3, -0.25) is 4.79 Å². The van der Waals surface area contributed by atoms with Crippen molar-refractivity contribution in [3.63, 3.8) is 0 Å². The third-order valence-corrected chi connectivity index (χ3v) is 3.79. The van der Waals surface area contributed by atoms with E-state index >= 15 is 0 Å². The molecular weight excluding hydrogens is 260 g/mol. The fourth-order valence-electron chi connectivity index (χ4n) is 2.80. The summed E-state index contributed by atoms with van der Waals surface area (Å²) in [7, 11) is 0. The smallest absolute Gasteiger partial charge is 0.154 e. The van der Waals surface area contributed by atoms with Gasteiger partial charge in [-0.05, 0) is 22.9 Å². The zero-order chi connectivity index (χ0) is 14.2. The number of aldehydes is 1. The normalized spacial score (nSPS) is 11.0. The molecule has 0 aromatic heterocycles. The van der Waals surface area contributed by atoms with Gasteiger partial charge >= 0.3 is 0 Å². The lowest BCUT2D eigenvalue weighted by atomic mass is 10.1. The summed E-state index contributed by atoms with van der Waals surface area (Å²) in [6, 6.07) is 21.8. The summed E-state index contributed by atoms with van der Waals surface area (Å²) in [6.07, 6.45) is 0.878. The molecule has 0 bridgehead atoms. The van der Waals surface area contributed by atoms with Crippen LogP contribution in [0.5, 0.6) is 0 Å². The number of hydrogen-bond donors (Lipinski definition) is 0. The lowest BCUT2D eigenvalue weighted by Crippen LogP contribution is -1.84. The van der Waals surface area contributed by atoms with Crippen molar-refractivity contribution in [1.29, 1.82) is 0 Å². The Morgan fingerprint density at radius 2 is 1.48 bits per heavy atom. The predicted molar refractivity (Wildman–Crippen MR) is 83.7 cm³/mol. The molecule has 2 aromatic rings. The first-order valence-electron chi connectivity index (χ1n) is 6.83. The van der Waals surface area contributed by atoms with E-state index in [1.807, 2.05) is 66.7 Å². The van der Waals surface area contributed by atoms with Crippen LogP contribution in [0.4, 0.5) is 0 Å². The maximum atomic E-state index is 11.5. The molecule has 1 heterocycles. The van der Waals surface area contributed by atoms with E-state index in [-0.39, 0.29) is 0 Å². The monoisotopic (exact) mass is 272 g/mol. The summed E-state index contributed by atoms with van der Waals surface area (Å²) in [5.41, 5.74) is 2.60. The van der Waals surface area contributed by atoms with Crippen molar-refractivity contribution in [2.45, 2.75) is 0 Å². The summed E-state index contributed by atoms with van der Waals surface area (Å²) >= 11 is 0. The number of carbonyl (C=O) groups is 1. The van der Waals surface area contributed by atoms with Crippen LogP contribution in [-0.4, -0.2) is 6.29 Å². The number of rotatable bonds is 2. The van der Waals surface area contributed by atoms with Crippen LogP contribution >= 0.6 is 0 Å². The Morgan fingerprint density at radius 1 is 0.762 bits per heavy atom. The second kappa shape index (κ2) is 4.60. The number of hydrogen-bond acceptors (Lipinski definition) is 2. The van der Waals surface area contributed by atoms with Crippen molar-refractivity contribution in [3.8, 4) is 22.6 Å². The minimum atomic E-state index is 0.624. The Hall–Kier alpha value is -2.87. The average Bonchev–Trinajstić information content (AvgIpc) is 2.88. The van der Waals surface area contributed by atoms with E-state index in [9.17, 15) is 4.79 Å². The van der Waals surface area contributed by atoms with Crippen LogP contribution < -0.4 is 0 Å². The van der Waals surface area contributed by atoms with E-state index in [4.69, 9.17) is 4.42 Å². The first-order chi connectivity index (χ1) is 10.4. The van der Waals surface area contributed by atoms with Gasteiger partial charge in [-0.2, -0.15) is 0 Å². The molecule has 0 fully saturated rings. The van der Waals surface area contributed by atoms with Crippen molar-refractivity contribution in [2.75, 3.05) is 0 Å². The molecule has 2 nitrogen and oxygen atoms in total. The van der Waals surface area contributed by atoms with Crippen LogP contribution in [0, 0.1) is 0 Å². The van der Waals surface area contributed by atoms with Gasteiger partial charge in [-0.1, -0.05) is 54.6 Å². The molecule has 0 amide bonds. The molecule has 0 unspecified atom stereocenters. The minimum Gasteiger partial charge on any atom is -0.455 e. The summed E-state index contributed by atoms with van der Waals surface area (Å²) in [4.78, 5) is 11.5. The van der Waals surface area contributed by atoms with Gasteiger partial charge in [0.1, 0.15) is 11.5 Å². The highest BCUT2D eigenvalue weighted by Gasteiger charge is 2.20. The largest absolute Gasteiger partial charge is 0.455 e. The molecule has 0 spiro atoms. The standard InChI is InChI=1S/C19H12O2/c20-12-17-15-9-5-4-8-14(15)16-10-11-18(21-19(16)17)13-6-2-1-3-7-13/h1-12H. The summed E-state index contributed by atoms with van der Waals surface area (Å²) in [5.74, 6) is 1.43. The molecule has 2 heteroatoms. The summed E-state index contributed by atoms with van der Waals surface area (Å²) in [5, 5.41) is 1.99. The summed E-state index contributed by atoms with van der Waals surface area (Å²) in [6.45, 7) is 0. The van der Waals surface area contributed by atoms with Gasteiger partial charge in [0.2, 0.25) is 0 Å². The molecule has 4 rings (SSSR count). The zero-order valence-corrected chi connectivity index (χ0v) is 11.2. The molecule has 2 aromatic carbocycles. The third kappa shape index (κ3) is 1.77. The van der Waals surface area contributed by atoms with E-state index in [1.54, 1.807) is 0 Å². The van der Waals surface area contributed by atoms with E-state index in [0.717, 1.165) is 33.9 Å². The SMILES string of the molecule is O=Cc1c2oc(-c3ccccc3)ccc-2c2ccccc12. The molecule has 21 heavy (non-hydrogen) atoms. The summed E-state index contributed by atoms with van der Waals surface area (Å²) < 4.78 is 6.02. The Balaban J connectivity index is 2.06. The molecule has 100 valence electrons. The first-order valence-corrected chi connectivity index (χ1v) is 6.83. The van der Waals surface area contributed by atoms with E-state index in [0.29, 0.717) is 11.3 Å². The second-order valence-corrected chi connectivity index (χ2v) is 4.99. The van der Waals surface area contributed by atoms with Crippen molar-refractivity contribution in [1.82, 2.24) is 0 Å². The van der Waals surface area contributed by atoms with E-state index < -0.39 is 0 Å². The molecule has 0 radical (unpaired) electrons. The molecule has 0 saturated heterocycles. The topological polar surface area (TPSA) is 30.2 Å². The Kier molecular flexibility index (Phi) is 2.61. The number of fused-ring (bicyclic) bond motifs is 3. The molecule has 1 aliphatic heterocycles. The van der Waals surface area contributed by atoms with E-state index in [2.05, 4.69) is 0 Å². The van der Waals surface area contributed by atoms with Crippen molar-refractivity contribution >= 4 is 17.1 Å². The lowest BCUT2D eigenvalue weighted by Gasteiger charge is -2.05. The molecule has 0 saturated carbocycles. The van der Waals surface area contributed by atoms with Crippen LogP contribution in [0.15, 0.2) is 71.1 Å². The number of carbonyl (C=O) groups excluding carboxylic acids is 1. The number of benzene rings is 2.